The van der Waals surface area contributed by atoms with Crippen molar-refractivity contribution in [1.29, 1.82) is 0 Å². The van der Waals surface area contributed by atoms with Crippen molar-refractivity contribution < 1.29 is 29.3 Å². The van der Waals surface area contributed by atoms with Crippen molar-refractivity contribution in [2.75, 3.05) is 13.7 Å². The maximum Gasteiger partial charge on any atom is 0.338 e. The molecule has 1 aromatic rings. The highest BCUT2D eigenvalue weighted by Crippen LogP contribution is 2.35. The zero-order valence-electron chi connectivity index (χ0n) is 12.3. The lowest BCUT2D eigenvalue weighted by molar-refractivity contribution is -0.143. The lowest BCUT2D eigenvalue weighted by Gasteiger charge is -2.22. The predicted octanol–water partition coefficient (Wildman–Crippen LogP) is 0.764. The van der Waals surface area contributed by atoms with Crippen molar-refractivity contribution >= 4 is 11.9 Å². The zero-order valence-corrected chi connectivity index (χ0v) is 12.3. The molecule has 6 heteroatoms. The highest BCUT2D eigenvalue weighted by atomic mass is 16.5. The molecule has 0 unspecified atom stereocenters. The number of benzene rings is 1. The molecule has 1 aromatic carbocycles. The first kappa shape index (κ1) is 16.5. The normalized spacial score (nSPS) is 27.4. The molecule has 0 saturated heterocycles. The van der Waals surface area contributed by atoms with E-state index in [0.717, 1.165) is 0 Å². The number of carbonyl (C=O) groups excluding carboxylic acids is 2. The Kier molecular flexibility index (Phi) is 5.51. The van der Waals surface area contributed by atoms with Gasteiger partial charge in [0.1, 0.15) is 0 Å². The number of aliphatic hydroxyl groups excluding tert-OH is 2. The minimum atomic E-state index is -0.812. The molecule has 0 aromatic heterocycles. The Morgan fingerprint density at radius 2 is 1.77 bits per heavy atom. The molecular weight excluding hydrogens is 288 g/mol. The third kappa shape index (κ3) is 3.84. The molecule has 22 heavy (non-hydrogen) atoms. The van der Waals surface area contributed by atoms with E-state index < -0.39 is 36.0 Å². The van der Waals surface area contributed by atoms with Crippen LogP contribution in [-0.2, 0) is 14.3 Å². The Labute approximate surface area is 128 Å². The van der Waals surface area contributed by atoms with Crippen molar-refractivity contribution in [2.45, 2.75) is 25.0 Å². The Hall–Kier alpha value is -1.92. The number of hydrogen-bond donors (Lipinski definition) is 2. The fraction of sp³-hybridized carbons (Fsp3) is 0.500. The van der Waals surface area contributed by atoms with Gasteiger partial charge in [-0.05, 0) is 18.6 Å². The molecule has 4 atom stereocenters. The van der Waals surface area contributed by atoms with Crippen molar-refractivity contribution in [1.82, 2.24) is 0 Å². The summed E-state index contributed by atoms with van der Waals surface area (Å²) in [7, 11) is 1.27. The predicted molar refractivity (Wildman–Crippen MR) is 77.0 cm³/mol. The SMILES string of the molecule is COC(=O)C[C@@H]1[C@H](COC(=O)c2ccccc2)[C@@H](O)C[C@H]1O. The summed E-state index contributed by atoms with van der Waals surface area (Å²) in [4.78, 5) is 23.3. The highest BCUT2D eigenvalue weighted by Gasteiger charge is 2.43. The van der Waals surface area contributed by atoms with Gasteiger partial charge in [-0.3, -0.25) is 4.79 Å². The maximum atomic E-state index is 11.9. The molecule has 6 nitrogen and oxygen atoms in total. The van der Waals surface area contributed by atoms with E-state index in [2.05, 4.69) is 4.74 Å². The third-order valence-electron chi connectivity index (χ3n) is 4.07. The number of hydrogen-bond acceptors (Lipinski definition) is 6. The van der Waals surface area contributed by atoms with Gasteiger partial charge in [-0.2, -0.15) is 0 Å². The van der Waals surface area contributed by atoms with Crippen LogP contribution in [0.4, 0.5) is 0 Å². The van der Waals surface area contributed by atoms with E-state index in [4.69, 9.17) is 4.74 Å². The second kappa shape index (κ2) is 7.38. The Morgan fingerprint density at radius 3 is 2.41 bits per heavy atom. The average molecular weight is 308 g/mol. The van der Waals surface area contributed by atoms with E-state index >= 15 is 0 Å². The Bertz CT molecular complexity index is 515. The second-order valence-electron chi connectivity index (χ2n) is 5.44. The Balaban J connectivity index is 1.97. The van der Waals surface area contributed by atoms with Crippen LogP contribution in [-0.4, -0.2) is 48.1 Å². The minimum absolute atomic E-state index is 0.0116. The van der Waals surface area contributed by atoms with Crippen molar-refractivity contribution in [3.8, 4) is 0 Å². The molecule has 0 radical (unpaired) electrons. The quantitative estimate of drug-likeness (QED) is 0.780. The lowest BCUT2D eigenvalue weighted by Crippen LogP contribution is -2.30. The van der Waals surface area contributed by atoms with Gasteiger partial charge in [0.25, 0.3) is 0 Å². The fourth-order valence-electron chi connectivity index (χ4n) is 2.80. The molecule has 0 aliphatic heterocycles. The summed E-state index contributed by atoms with van der Waals surface area (Å²) in [6.07, 6.45) is -1.47. The lowest BCUT2D eigenvalue weighted by atomic mass is 9.91. The van der Waals surface area contributed by atoms with Crippen LogP contribution in [0.5, 0.6) is 0 Å². The number of carbonyl (C=O) groups is 2. The van der Waals surface area contributed by atoms with E-state index in [1.165, 1.54) is 7.11 Å². The van der Waals surface area contributed by atoms with Gasteiger partial charge in [0.15, 0.2) is 0 Å². The number of aliphatic hydroxyl groups is 2. The van der Waals surface area contributed by atoms with E-state index in [0.29, 0.717) is 5.56 Å². The topological polar surface area (TPSA) is 93.1 Å². The molecule has 1 aliphatic carbocycles. The van der Waals surface area contributed by atoms with Crippen LogP contribution < -0.4 is 0 Å². The molecule has 1 saturated carbocycles. The minimum Gasteiger partial charge on any atom is -0.469 e. The van der Waals surface area contributed by atoms with Crippen molar-refractivity contribution in [3.05, 3.63) is 35.9 Å². The van der Waals surface area contributed by atoms with Crippen LogP contribution in [0.3, 0.4) is 0 Å². The number of methoxy groups -OCH3 is 1. The van der Waals surface area contributed by atoms with Crippen LogP contribution in [0.1, 0.15) is 23.2 Å². The standard InChI is InChI=1S/C16H20O6/c1-21-15(19)7-11-12(14(18)8-13(11)17)9-22-16(20)10-5-3-2-4-6-10/h2-6,11-14,17-18H,7-9H2,1H3/t11-,12+,13-,14+/m1/s1. The van der Waals surface area contributed by atoms with E-state index in [9.17, 15) is 19.8 Å². The first-order valence-electron chi connectivity index (χ1n) is 7.18. The first-order chi connectivity index (χ1) is 10.5. The number of ether oxygens (including phenoxy) is 2. The first-order valence-corrected chi connectivity index (χ1v) is 7.18. The molecule has 0 heterocycles. The van der Waals surface area contributed by atoms with E-state index in [1.807, 2.05) is 0 Å². The molecule has 0 amide bonds. The summed E-state index contributed by atoms with van der Waals surface area (Å²) < 4.78 is 9.81. The monoisotopic (exact) mass is 308 g/mol. The van der Waals surface area contributed by atoms with Crippen molar-refractivity contribution in [2.24, 2.45) is 11.8 Å². The maximum absolute atomic E-state index is 11.9. The fourth-order valence-corrected chi connectivity index (χ4v) is 2.80. The van der Waals surface area contributed by atoms with Crippen LogP contribution in [0.15, 0.2) is 30.3 Å². The van der Waals surface area contributed by atoms with Crippen LogP contribution in [0, 0.1) is 11.8 Å². The molecule has 0 bridgehead atoms. The van der Waals surface area contributed by atoms with Gasteiger partial charge in [-0.25, -0.2) is 4.79 Å². The number of esters is 2. The van der Waals surface area contributed by atoms with Gasteiger partial charge >= 0.3 is 11.9 Å². The molecule has 1 fully saturated rings. The summed E-state index contributed by atoms with van der Waals surface area (Å²) in [5.41, 5.74) is 0.417. The summed E-state index contributed by atoms with van der Waals surface area (Å²) in [6, 6.07) is 8.51. The van der Waals surface area contributed by atoms with Crippen LogP contribution in [0.2, 0.25) is 0 Å². The van der Waals surface area contributed by atoms with Gasteiger partial charge in [0.05, 0.1) is 37.9 Å². The molecule has 2 N–H and O–H groups in total. The van der Waals surface area contributed by atoms with Crippen molar-refractivity contribution in [3.63, 3.8) is 0 Å². The van der Waals surface area contributed by atoms with Crippen LogP contribution >= 0.6 is 0 Å². The van der Waals surface area contributed by atoms with Gasteiger partial charge in [-0.1, -0.05) is 18.2 Å². The van der Waals surface area contributed by atoms with Gasteiger partial charge < -0.3 is 19.7 Å². The highest BCUT2D eigenvalue weighted by molar-refractivity contribution is 5.89. The smallest absolute Gasteiger partial charge is 0.338 e. The second-order valence-corrected chi connectivity index (χ2v) is 5.44. The largest absolute Gasteiger partial charge is 0.469 e. The molecule has 0 spiro atoms. The summed E-state index contributed by atoms with van der Waals surface area (Å²) in [6.45, 7) is -0.0480. The Morgan fingerprint density at radius 1 is 1.14 bits per heavy atom. The van der Waals surface area contributed by atoms with E-state index in [-0.39, 0.29) is 19.4 Å². The molecule has 2 rings (SSSR count). The summed E-state index contributed by atoms with van der Waals surface area (Å²) in [5.74, 6) is -1.92. The summed E-state index contributed by atoms with van der Waals surface area (Å²) >= 11 is 0. The van der Waals surface area contributed by atoms with Gasteiger partial charge in [0.2, 0.25) is 0 Å². The third-order valence-corrected chi connectivity index (χ3v) is 4.07. The van der Waals surface area contributed by atoms with E-state index in [1.54, 1.807) is 30.3 Å². The van der Waals surface area contributed by atoms with Gasteiger partial charge in [0, 0.05) is 11.8 Å². The summed E-state index contributed by atoms with van der Waals surface area (Å²) in [5, 5.41) is 19.9. The average Bonchev–Trinajstić information content (AvgIpc) is 2.79. The van der Waals surface area contributed by atoms with Gasteiger partial charge in [-0.15, -0.1) is 0 Å². The molecular formula is C16H20O6. The molecule has 1 aliphatic rings. The number of rotatable bonds is 5. The molecule has 120 valence electrons. The van der Waals surface area contributed by atoms with Crippen LogP contribution in [0.25, 0.3) is 0 Å². The zero-order chi connectivity index (χ0) is 16.1.